The Hall–Kier alpha value is -1.34. The number of sulfonamides is 1. The third kappa shape index (κ3) is 2.34. The molecule has 0 aliphatic carbocycles. The lowest BCUT2D eigenvalue weighted by Gasteiger charge is -2.11. The van der Waals surface area contributed by atoms with E-state index in [0.717, 1.165) is 0 Å². The standard InChI is InChI=1S/C10H13NO5S/c1-7-9(10(12)13)5-8(16-7)6-11-3-2-4-17(11,14)15/h5H,2-4,6H2,1H3,(H,12,13). The highest BCUT2D eigenvalue weighted by Gasteiger charge is 2.29. The van der Waals surface area contributed by atoms with E-state index in [4.69, 9.17) is 9.52 Å². The molecule has 1 aromatic heterocycles. The Morgan fingerprint density at radius 3 is 2.76 bits per heavy atom. The van der Waals surface area contributed by atoms with Gasteiger partial charge in [0.05, 0.1) is 12.3 Å². The van der Waals surface area contributed by atoms with Gasteiger partial charge in [0.25, 0.3) is 0 Å². The van der Waals surface area contributed by atoms with Crippen LogP contribution in [0.5, 0.6) is 0 Å². The number of rotatable bonds is 3. The number of aryl methyl sites for hydroxylation is 1. The highest BCUT2D eigenvalue weighted by Crippen LogP contribution is 2.21. The van der Waals surface area contributed by atoms with Crippen LogP contribution in [0.4, 0.5) is 0 Å². The first-order valence-electron chi connectivity index (χ1n) is 5.20. The molecule has 1 aliphatic rings. The van der Waals surface area contributed by atoms with Gasteiger partial charge in [-0.2, -0.15) is 4.31 Å². The number of carboxylic acid groups (broad SMARTS) is 1. The van der Waals surface area contributed by atoms with Crippen molar-refractivity contribution in [1.29, 1.82) is 0 Å². The number of carboxylic acids is 1. The minimum atomic E-state index is -3.18. The molecule has 1 aromatic rings. The van der Waals surface area contributed by atoms with Crippen LogP contribution in [0.2, 0.25) is 0 Å². The van der Waals surface area contributed by atoms with E-state index < -0.39 is 16.0 Å². The summed E-state index contributed by atoms with van der Waals surface area (Å²) in [5.74, 6) is -0.255. The maximum absolute atomic E-state index is 11.6. The van der Waals surface area contributed by atoms with E-state index in [9.17, 15) is 13.2 Å². The van der Waals surface area contributed by atoms with Crippen LogP contribution in [-0.4, -0.2) is 36.1 Å². The number of carbonyl (C=O) groups is 1. The summed E-state index contributed by atoms with van der Waals surface area (Å²) in [5, 5.41) is 8.85. The molecule has 0 spiro atoms. The zero-order valence-electron chi connectivity index (χ0n) is 9.34. The molecule has 1 N–H and O–H groups in total. The number of aromatic carboxylic acids is 1. The minimum absolute atomic E-state index is 0.0802. The highest BCUT2D eigenvalue weighted by atomic mass is 32.2. The van der Waals surface area contributed by atoms with Crippen molar-refractivity contribution in [2.45, 2.75) is 19.9 Å². The molecule has 7 heteroatoms. The first-order valence-corrected chi connectivity index (χ1v) is 6.81. The van der Waals surface area contributed by atoms with Crippen LogP contribution in [0, 0.1) is 6.92 Å². The molecule has 1 saturated heterocycles. The largest absolute Gasteiger partial charge is 0.478 e. The third-order valence-electron chi connectivity index (χ3n) is 2.73. The molecule has 6 nitrogen and oxygen atoms in total. The summed E-state index contributed by atoms with van der Waals surface area (Å²) in [6.07, 6.45) is 0.605. The molecule has 2 heterocycles. The average molecular weight is 259 g/mol. The summed E-state index contributed by atoms with van der Waals surface area (Å²) < 4.78 is 29.7. The van der Waals surface area contributed by atoms with Gasteiger partial charge < -0.3 is 9.52 Å². The van der Waals surface area contributed by atoms with Crippen molar-refractivity contribution >= 4 is 16.0 Å². The maximum Gasteiger partial charge on any atom is 0.339 e. The Bertz CT molecular complexity index is 545. The van der Waals surface area contributed by atoms with Crippen molar-refractivity contribution in [2.24, 2.45) is 0 Å². The van der Waals surface area contributed by atoms with Crippen molar-refractivity contribution in [2.75, 3.05) is 12.3 Å². The molecule has 0 aromatic carbocycles. The van der Waals surface area contributed by atoms with Crippen molar-refractivity contribution in [3.63, 3.8) is 0 Å². The lowest BCUT2D eigenvalue weighted by atomic mass is 10.2. The third-order valence-corrected chi connectivity index (χ3v) is 4.64. The molecule has 17 heavy (non-hydrogen) atoms. The van der Waals surface area contributed by atoms with Crippen molar-refractivity contribution in [3.8, 4) is 0 Å². The molecule has 0 saturated carbocycles. The van der Waals surface area contributed by atoms with Gasteiger partial charge >= 0.3 is 5.97 Å². The molecule has 1 aliphatic heterocycles. The SMILES string of the molecule is Cc1oc(CN2CCCS2(=O)=O)cc1C(=O)O. The lowest BCUT2D eigenvalue weighted by molar-refractivity contribution is 0.0695. The normalized spacial score (nSPS) is 19.6. The molecule has 94 valence electrons. The predicted octanol–water partition coefficient (Wildman–Crippen LogP) is 0.822. The maximum atomic E-state index is 11.6. The fraction of sp³-hybridized carbons (Fsp3) is 0.500. The van der Waals surface area contributed by atoms with E-state index in [-0.39, 0.29) is 17.9 Å². The molecule has 0 bridgehead atoms. The molecule has 2 rings (SSSR count). The summed E-state index contributed by atoms with van der Waals surface area (Å²) in [6, 6.07) is 1.38. The van der Waals surface area contributed by atoms with E-state index in [1.54, 1.807) is 6.92 Å². The van der Waals surface area contributed by atoms with Gasteiger partial charge in [0.1, 0.15) is 17.1 Å². The summed E-state index contributed by atoms with van der Waals surface area (Å²) in [4.78, 5) is 10.8. The van der Waals surface area contributed by atoms with Gasteiger partial charge in [0.15, 0.2) is 0 Å². The Morgan fingerprint density at radius 2 is 2.29 bits per heavy atom. The van der Waals surface area contributed by atoms with Gasteiger partial charge in [0.2, 0.25) is 10.0 Å². The molecule has 0 unspecified atom stereocenters. The molecule has 1 fully saturated rings. The highest BCUT2D eigenvalue weighted by molar-refractivity contribution is 7.89. The van der Waals surface area contributed by atoms with Crippen LogP contribution < -0.4 is 0 Å². The Balaban J connectivity index is 2.20. The molecule has 0 radical (unpaired) electrons. The van der Waals surface area contributed by atoms with Gasteiger partial charge in [-0.1, -0.05) is 0 Å². The second-order valence-electron chi connectivity index (χ2n) is 3.99. The summed E-state index contributed by atoms with van der Waals surface area (Å²) in [7, 11) is -3.18. The van der Waals surface area contributed by atoms with E-state index in [1.165, 1.54) is 10.4 Å². The molecular formula is C10H13NO5S. The monoisotopic (exact) mass is 259 g/mol. The second kappa shape index (κ2) is 4.15. The van der Waals surface area contributed by atoms with Crippen LogP contribution in [0.1, 0.15) is 28.3 Å². The number of hydrogen-bond donors (Lipinski definition) is 1. The van der Waals surface area contributed by atoms with Crippen LogP contribution in [0.3, 0.4) is 0 Å². The van der Waals surface area contributed by atoms with Gasteiger partial charge in [-0.05, 0) is 19.4 Å². The van der Waals surface area contributed by atoms with Crippen molar-refractivity contribution in [3.05, 3.63) is 23.2 Å². The lowest BCUT2D eigenvalue weighted by Crippen LogP contribution is -2.24. The van der Waals surface area contributed by atoms with Crippen LogP contribution in [-0.2, 0) is 16.6 Å². The summed E-state index contributed by atoms with van der Waals surface area (Å²) in [5.41, 5.74) is 0.0802. The minimum Gasteiger partial charge on any atom is -0.478 e. The Kier molecular flexibility index (Phi) is 2.96. The first-order chi connectivity index (χ1) is 7.90. The quantitative estimate of drug-likeness (QED) is 0.868. The summed E-state index contributed by atoms with van der Waals surface area (Å²) in [6.45, 7) is 2.12. The zero-order chi connectivity index (χ0) is 12.6. The van der Waals surface area contributed by atoms with Crippen molar-refractivity contribution < 1.29 is 22.7 Å². The van der Waals surface area contributed by atoms with Gasteiger partial charge in [-0.15, -0.1) is 0 Å². The molecule has 0 atom stereocenters. The van der Waals surface area contributed by atoms with Crippen LogP contribution in [0.25, 0.3) is 0 Å². The molecule has 0 amide bonds. The molecular weight excluding hydrogens is 246 g/mol. The fourth-order valence-electron chi connectivity index (χ4n) is 1.88. The average Bonchev–Trinajstić information content (AvgIpc) is 2.72. The van der Waals surface area contributed by atoms with Crippen LogP contribution in [0.15, 0.2) is 10.5 Å². The van der Waals surface area contributed by atoms with E-state index >= 15 is 0 Å². The number of furan rings is 1. The Labute approximate surface area is 98.9 Å². The second-order valence-corrected chi connectivity index (χ2v) is 6.08. The van der Waals surface area contributed by atoms with Gasteiger partial charge in [-0.3, -0.25) is 0 Å². The zero-order valence-corrected chi connectivity index (χ0v) is 10.2. The fourth-order valence-corrected chi connectivity index (χ4v) is 3.36. The van der Waals surface area contributed by atoms with Crippen molar-refractivity contribution in [1.82, 2.24) is 4.31 Å². The van der Waals surface area contributed by atoms with E-state index in [1.807, 2.05) is 0 Å². The van der Waals surface area contributed by atoms with Gasteiger partial charge in [-0.25, -0.2) is 13.2 Å². The Morgan fingerprint density at radius 1 is 1.59 bits per heavy atom. The van der Waals surface area contributed by atoms with E-state index in [0.29, 0.717) is 24.5 Å². The summed E-state index contributed by atoms with van der Waals surface area (Å²) >= 11 is 0. The van der Waals surface area contributed by atoms with E-state index in [2.05, 4.69) is 0 Å². The number of hydrogen-bond acceptors (Lipinski definition) is 4. The number of nitrogens with zero attached hydrogens (tertiary/aromatic N) is 1. The first kappa shape index (κ1) is 12.1. The topological polar surface area (TPSA) is 87.8 Å². The smallest absolute Gasteiger partial charge is 0.339 e. The van der Waals surface area contributed by atoms with Gasteiger partial charge in [0, 0.05) is 6.54 Å². The predicted molar refractivity (Wildman–Crippen MR) is 59.2 cm³/mol. The van der Waals surface area contributed by atoms with Crippen LogP contribution >= 0.6 is 0 Å².